The molecule has 1 atom stereocenters. The minimum atomic E-state index is -0.332. The standard InChI is InChI=1S/C14H17FO2/c1-17-14-6-5-11(9-13(14)15)7-10-3-2-4-12(16)8-10/h5-6,8-9,12,16H,2-4,7H2,1H3. The van der Waals surface area contributed by atoms with Gasteiger partial charge in [-0.25, -0.2) is 4.39 Å². The maximum Gasteiger partial charge on any atom is 0.165 e. The van der Waals surface area contributed by atoms with Crippen molar-refractivity contribution in [2.24, 2.45) is 0 Å². The maximum absolute atomic E-state index is 13.5. The Balaban J connectivity index is 2.11. The molecule has 1 aromatic rings. The van der Waals surface area contributed by atoms with Crippen LogP contribution in [-0.4, -0.2) is 18.3 Å². The van der Waals surface area contributed by atoms with E-state index in [2.05, 4.69) is 0 Å². The lowest BCUT2D eigenvalue weighted by Gasteiger charge is -2.17. The van der Waals surface area contributed by atoms with Gasteiger partial charge in [-0.3, -0.25) is 0 Å². The quantitative estimate of drug-likeness (QED) is 0.818. The third kappa shape index (κ3) is 3.07. The van der Waals surface area contributed by atoms with Gasteiger partial charge < -0.3 is 9.84 Å². The van der Waals surface area contributed by atoms with E-state index >= 15 is 0 Å². The molecule has 1 aliphatic rings. The molecule has 2 nitrogen and oxygen atoms in total. The van der Waals surface area contributed by atoms with Crippen molar-refractivity contribution in [1.29, 1.82) is 0 Å². The molecule has 0 spiro atoms. The molecular weight excluding hydrogens is 219 g/mol. The van der Waals surface area contributed by atoms with E-state index in [1.54, 1.807) is 6.07 Å². The summed E-state index contributed by atoms with van der Waals surface area (Å²) in [4.78, 5) is 0. The van der Waals surface area contributed by atoms with Gasteiger partial charge in [-0.2, -0.15) is 0 Å². The van der Waals surface area contributed by atoms with Gasteiger partial charge in [0.15, 0.2) is 11.6 Å². The van der Waals surface area contributed by atoms with Crippen molar-refractivity contribution in [2.75, 3.05) is 7.11 Å². The third-order valence-corrected chi connectivity index (χ3v) is 3.07. The van der Waals surface area contributed by atoms with Crippen LogP contribution < -0.4 is 4.74 Å². The van der Waals surface area contributed by atoms with Crippen molar-refractivity contribution >= 4 is 0 Å². The Labute approximate surface area is 101 Å². The van der Waals surface area contributed by atoms with Crippen LogP contribution in [0.1, 0.15) is 24.8 Å². The smallest absolute Gasteiger partial charge is 0.165 e. The first kappa shape index (κ1) is 12.1. The van der Waals surface area contributed by atoms with Crippen molar-refractivity contribution in [3.63, 3.8) is 0 Å². The normalized spacial score (nSPS) is 19.9. The first-order valence-corrected chi connectivity index (χ1v) is 5.89. The average molecular weight is 236 g/mol. The highest BCUT2D eigenvalue weighted by atomic mass is 19.1. The summed E-state index contributed by atoms with van der Waals surface area (Å²) in [5.41, 5.74) is 2.11. The highest BCUT2D eigenvalue weighted by molar-refractivity contribution is 5.32. The number of halogens is 1. The molecule has 0 amide bonds. The zero-order valence-electron chi connectivity index (χ0n) is 9.95. The summed E-state index contributed by atoms with van der Waals surface area (Å²) in [5.74, 6) is -0.0617. The van der Waals surface area contributed by atoms with Crippen molar-refractivity contribution in [3.05, 3.63) is 41.2 Å². The number of methoxy groups -OCH3 is 1. The van der Waals surface area contributed by atoms with Gasteiger partial charge in [0.2, 0.25) is 0 Å². The summed E-state index contributed by atoms with van der Waals surface area (Å²) in [6.45, 7) is 0. The topological polar surface area (TPSA) is 29.5 Å². The SMILES string of the molecule is COc1ccc(CC2=CC(O)CCC2)cc1F. The molecule has 3 heteroatoms. The summed E-state index contributed by atoms with van der Waals surface area (Å²) < 4.78 is 18.4. The predicted octanol–water partition coefficient (Wildman–Crippen LogP) is 2.85. The summed E-state index contributed by atoms with van der Waals surface area (Å²) >= 11 is 0. The number of benzene rings is 1. The van der Waals surface area contributed by atoms with E-state index in [0.717, 1.165) is 24.8 Å². The van der Waals surface area contributed by atoms with E-state index in [4.69, 9.17) is 4.74 Å². The first-order valence-electron chi connectivity index (χ1n) is 5.89. The molecule has 1 aliphatic carbocycles. The van der Waals surface area contributed by atoms with Crippen LogP contribution in [0.15, 0.2) is 29.8 Å². The van der Waals surface area contributed by atoms with Gasteiger partial charge in [0.05, 0.1) is 13.2 Å². The zero-order valence-corrected chi connectivity index (χ0v) is 9.95. The van der Waals surface area contributed by atoms with E-state index in [-0.39, 0.29) is 17.7 Å². The average Bonchev–Trinajstić information content (AvgIpc) is 2.29. The molecule has 0 radical (unpaired) electrons. The van der Waals surface area contributed by atoms with Gasteiger partial charge in [-0.1, -0.05) is 17.7 Å². The maximum atomic E-state index is 13.5. The van der Waals surface area contributed by atoms with Crippen LogP contribution in [0.4, 0.5) is 4.39 Å². The minimum Gasteiger partial charge on any atom is -0.494 e. The number of hydrogen-bond acceptors (Lipinski definition) is 2. The van der Waals surface area contributed by atoms with Crippen LogP contribution in [0.5, 0.6) is 5.75 Å². The molecule has 0 aromatic heterocycles. The Morgan fingerprint density at radius 2 is 2.29 bits per heavy atom. The number of rotatable bonds is 3. The molecular formula is C14H17FO2. The molecule has 92 valence electrons. The van der Waals surface area contributed by atoms with Crippen LogP contribution in [0.2, 0.25) is 0 Å². The number of aliphatic hydroxyl groups excluding tert-OH is 1. The van der Waals surface area contributed by atoms with Crippen molar-refractivity contribution < 1.29 is 14.2 Å². The molecule has 1 aromatic carbocycles. The Bertz CT molecular complexity index is 426. The Morgan fingerprint density at radius 1 is 1.47 bits per heavy atom. The molecule has 0 saturated heterocycles. The largest absolute Gasteiger partial charge is 0.494 e. The Hall–Kier alpha value is -1.35. The molecule has 1 N–H and O–H groups in total. The lowest BCUT2D eigenvalue weighted by atomic mass is 9.93. The lowest BCUT2D eigenvalue weighted by molar-refractivity contribution is 0.202. The van der Waals surface area contributed by atoms with Gasteiger partial charge in [0.25, 0.3) is 0 Å². The highest BCUT2D eigenvalue weighted by Gasteiger charge is 2.12. The summed E-state index contributed by atoms with van der Waals surface area (Å²) in [6.07, 6.45) is 5.10. The van der Waals surface area contributed by atoms with E-state index in [1.807, 2.05) is 12.1 Å². The van der Waals surface area contributed by atoms with Crippen molar-refractivity contribution in [2.45, 2.75) is 31.8 Å². The summed E-state index contributed by atoms with van der Waals surface area (Å²) in [7, 11) is 1.46. The Kier molecular flexibility index (Phi) is 3.79. The van der Waals surface area contributed by atoms with Gasteiger partial charge in [0.1, 0.15) is 0 Å². The second-order valence-corrected chi connectivity index (χ2v) is 4.43. The third-order valence-electron chi connectivity index (χ3n) is 3.07. The van der Waals surface area contributed by atoms with Gasteiger partial charge >= 0.3 is 0 Å². The first-order chi connectivity index (χ1) is 8.19. The number of hydrogen-bond donors (Lipinski definition) is 1. The van der Waals surface area contributed by atoms with Crippen LogP contribution >= 0.6 is 0 Å². The molecule has 1 unspecified atom stereocenters. The van der Waals surface area contributed by atoms with Crippen LogP contribution in [0.3, 0.4) is 0 Å². The minimum absolute atomic E-state index is 0.270. The lowest BCUT2D eigenvalue weighted by Crippen LogP contribution is -2.10. The molecule has 0 heterocycles. The van der Waals surface area contributed by atoms with E-state index in [0.29, 0.717) is 6.42 Å². The van der Waals surface area contributed by atoms with Crippen LogP contribution in [0.25, 0.3) is 0 Å². The number of ether oxygens (including phenoxy) is 1. The molecule has 0 saturated carbocycles. The second-order valence-electron chi connectivity index (χ2n) is 4.43. The fourth-order valence-electron chi connectivity index (χ4n) is 2.21. The van der Waals surface area contributed by atoms with Gasteiger partial charge in [-0.15, -0.1) is 0 Å². The molecule has 0 fully saturated rings. The van der Waals surface area contributed by atoms with E-state index < -0.39 is 0 Å². The fourth-order valence-corrected chi connectivity index (χ4v) is 2.21. The van der Waals surface area contributed by atoms with Gasteiger partial charge in [-0.05, 0) is 43.4 Å². The number of aliphatic hydroxyl groups is 1. The monoisotopic (exact) mass is 236 g/mol. The molecule has 17 heavy (non-hydrogen) atoms. The number of allylic oxidation sites excluding steroid dienone is 1. The highest BCUT2D eigenvalue weighted by Crippen LogP contribution is 2.24. The fraction of sp³-hybridized carbons (Fsp3) is 0.429. The Morgan fingerprint density at radius 3 is 2.94 bits per heavy atom. The molecule has 0 bridgehead atoms. The van der Waals surface area contributed by atoms with Crippen molar-refractivity contribution in [3.8, 4) is 5.75 Å². The van der Waals surface area contributed by atoms with Crippen molar-refractivity contribution in [1.82, 2.24) is 0 Å². The summed E-state index contributed by atoms with van der Waals surface area (Å²) in [5, 5.41) is 9.52. The molecule has 2 rings (SSSR count). The van der Waals surface area contributed by atoms with Gasteiger partial charge in [0, 0.05) is 0 Å². The predicted molar refractivity (Wildman–Crippen MR) is 64.6 cm³/mol. The summed E-state index contributed by atoms with van der Waals surface area (Å²) in [6, 6.07) is 5.01. The van der Waals surface area contributed by atoms with E-state index in [1.165, 1.54) is 18.7 Å². The molecule has 0 aliphatic heterocycles. The second kappa shape index (κ2) is 5.32. The van der Waals surface area contributed by atoms with Crippen LogP contribution in [0, 0.1) is 5.82 Å². The zero-order chi connectivity index (χ0) is 12.3. The van der Waals surface area contributed by atoms with E-state index in [9.17, 15) is 9.50 Å². The van der Waals surface area contributed by atoms with Crippen LogP contribution in [-0.2, 0) is 6.42 Å².